The van der Waals surface area contributed by atoms with Crippen molar-refractivity contribution in [1.82, 2.24) is 5.32 Å². The van der Waals surface area contributed by atoms with Gasteiger partial charge in [0.1, 0.15) is 5.82 Å². The predicted molar refractivity (Wildman–Crippen MR) is 60.1 cm³/mol. The molecule has 3 heteroatoms. The molecule has 0 aromatic heterocycles. The molecule has 3 N–H and O–H groups in total. The van der Waals surface area contributed by atoms with Crippen molar-refractivity contribution in [1.29, 1.82) is 0 Å². The monoisotopic (exact) mass is 208 g/mol. The molecule has 0 radical (unpaired) electrons. The Morgan fingerprint density at radius 3 is 2.73 bits per heavy atom. The van der Waals surface area contributed by atoms with Crippen molar-refractivity contribution in [3.8, 4) is 0 Å². The smallest absolute Gasteiger partial charge is 0.128 e. The van der Waals surface area contributed by atoms with Gasteiger partial charge < -0.3 is 11.1 Å². The number of nitrogen functional groups attached to an aromatic ring is 1. The Balaban J connectivity index is 2.03. The molecule has 1 aromatic rings. The van der Waals surface area contributed by atoms with Crippen LogP contribution >= 0.6 is 0 Å². The first-order valence-corrected chi connectivity index (χ1v) is 5.50. The van der Waals surface area contributed by atoms with Crippen molar-refractivity contribution >= 4 is 5.69 Å². The predicted octanol–water partition coefficient (Wildman–Crippen LogP) is 1.95. The highest BCUT2D eigenvalue weighted by Gasteiger charge is 2.15. The molecule has 1 aliphatic heterocycles. The second kappa shape index (κ2) is 4.62. The summed E-state index contributed by atoms with van der Waals surface area (Å²) in [7, 11) is 0. The van der Waals surface area contributed by atoms with E-state index in [1.807, 2.05) is 6.07 Å². The van der Waals surface area contributed by atoms with Gasteiger partial charge in [-0.2, -0.15) is 0 Å². The van der Waals surface area contributed by atoms with E-state index in [0.717, 1.165) is 37.9 Å². The minimum absolute atomic E-state index is 0.159. The van der Waals surface area contributed by atoms with Gasteiger partial charge in [-0.3, -0.25) is 0 Å². The Labute approximate surface area is 89.7 Å². The van der Waals surface area contributed by atoms with Crippen molar-refractivity contribution in [3.05, 3.63) is 29.6 Å². The van der Waals surface area contributed by atoms with Crippen LogP contribution in [0, 0.1) is 11.7 Å². The number of hydrogen-bond donors (Lipinski definition) is 2. The average Bonchev–Trinajstić information content (AvgIpc) is 2.24. The fraction of sp³-hybridized carbons (Fsp3) is 0.500. The van der Waals surface area contributed by atoms with Gasteiger partial charge >= 0.3 is 0 Å². The lowest BCUT2D eigenvalue weighted by molar-refractivity contribution is 0.368. The van der Waals surface area contributed by atoms with E-state index in [4.69, 9.17) is 5.73 Å². The highest BCUT2D eigenvalue weighted by molar-refractivity contribution is 5.40. The fourth-order valence-electron chi connectivity index (χ4n) is 2.13. The van der Waals surface area contributed by atoms with E-state index in [9.17, 15) is 4.39 Å². The molecule has 0 bridgehead atoms. The highest BCUT2D eigenvalue weighted by atomic mass is 19.1. The number of halogens is 1. The first kappa shape index (κ1) is 10.4. The maximum absolute atomic E-state index is 13.5. The Bertz CT molecular complexity index is 332. The van der Waals surface area contributed by atoms with E-state index < -0.39 is 0 Å². The lowest BCUT2D eigenvalue weighted by Gasteiger charge is -2.22. The van der Waals surface area contributed by atoms with Gasteiger partial charge in [0.25, 0.3) is 0 Å². The number of piperidine rings is 1. The number of hydrogen-bond acceptors (Lipinski definition) is 2. The van der Waals surface area contributed by atoms with E-state index in [2.05, 4.69) is 5.32 Å². The van der Waals surface area contributed by atoms with Crippen LogP contribution in [0.2, 0.25) is 0 Å². The van der Waals surface area contributed by atoms with Crippen LogP contribution in [0.25, 0.3) is 0 Å². The van der Waals surface area contributed by atoms with Gasteiger partial charge in [0, 0.05) is 5.69 Å². The summed E-state index contributed by atoms with van der Waals surface area (Å²) in [5.74, 6) is 0.456. The average molecular weight is 208 g/mol. The van der Waals surface area contributed by atoms with Crippen molar-refractivity contribution in [3.63, 3.8) is 0 Å². The van der Waals surface area contributed by atoms with Gasteiger partial charge in [-0.25, -0.2) is 4.39 Å². The molecule has 2 rings (SSSR count). The Morgan fingerprint density at radius 2 is 2.07 bits per heavy atom. The Hall–Kier alpha value is -1.09. The lowest BCUT2D eigenvalue weighted by atomic mass is 9.91. The second-order valence-electron chi connectivity index (χ2n) is 4.25. The SMILES string of the molecule is Nc1ccc(CC2CCNCC2)c(F)c1. The summed E-state index contributed by atoms with van der Waals surface area (Å²) in [6, 6.07) is 5.00. The van der Waals surface area contributed by atoms with E-state index >= 15 is 0 Å². The molecule has 15 heavy (non-hydrogen) atoms. The molecule has 0 atom stereocenters. The first-order chi connectivity index (χ1) is 7.25. The van der Waals surface area contributed by atoms with Crippen LogP contribution in [0.1, 0.15) is 18.4 Å². The third-order valence-corrected chi connectivity index (χ3v) is 3.04. The van der Waals surface area contributed by atoms with Crippen LogP contribution < -0.4 is 11.1 Å². The van der Waals surface area contributed by atoms with E-state index in [0.29, 0.717) is 11.6 Å². The molecular weight excluding hydrogens is 191 g/mol. The number of nitrogens with two attached hydrogens (primary N) is 1. The number of anilines is 1. The molecule has 0 saturated carbocycles. The molecule has 1 saturated heterocycles. The first-order valence-electron chi connectivity index (χ1n) is 5.50. The fourth-order valence-corrected chi connectivity index (χ4v) is 2.13. The van der Waals surface area contributed by atoms with Crippen LogP contribution in [-0.4, -0.2) is 13.1 Å². The zero-order valence-electron chi connectivity index (χ0n) is 8.80. The molecule has 1 aliphatic rings. The topological polar surface area (TPSA) is 38.0 Å². The molecular formula is C12H17FN2. The van der Waals surface area contributed by atoms with Crippen molar-refractivity contribution in [2.45, 2.75) is 19.3 Å². The zero-order valence-corrected chi connectivity index (χ0v) is 8.80. The third-order valence-electron chi connectivity index (χ3n) is 3.04. The molecule has 0 aliphatic carbocycles. The number of benzene rings is 1. The minimum Gasteiger partial charge on any atom is -0.399 e. The summed E-state index contributed by atoms with van der Waals surface area (Å²) in [6.45, 7) is 2.11. The quantitative estimate of drug-likeness (QED) is 0.729. The second-order valence-corrected chi connectivity index (χ2v) is 4.25. The molecule has 82 valence electrons. The van der Waals surface area contributed by atoms with Gasteiger partial charge in [-0.05, 0) is 56.0 Å². The van der Waals surface area contributed by atoms with Gasteiger partial charge in [-0.15, -0.1) is 0 Å². The molecule has 0 amide bonds. The van der Waals surface area contributed by atoms with Crippen LogP contribution in [-0.2, 0) is 6.42 Å². The molecule has 1 aromatic carbocycles. The standard InChI is InChI=1S/C12H17FN2/c13-12-8-11(14)2-1-10(12)7-9-3-5-15-6-4-9/h1-2,8-9,15H,3-7,14H2. The third kappa shape index (κ3) is 2.69. The van der Waals surface area contributed by atoms with Crippen molar-refractivity contribution in [2.75, 3.05) is 18.8 Å². The van der Waals surface area contributed by atoms with E-state index in [1.54, 1.807) is 6.07 Å². The lowest BCUT2D eigenvalue weighted by Crippen LogP contribution is -2.28. The van der Waals surface area contributed by atoms with E-state index in [-0.39, 0.29) is 5.82 Å². The van der Waals surface area contributed by atoms with Gasteiger partial charge in [-0.1, -0.05) is 6.07 Å². The summed E-state index contributed by atoms with van der Waals surface area (Å²) in [6.07, 6.45) is 3.13. The maximum atomic E-state index is 13.5. The summed E-state index contributed by atoms with van der Waals surface area (Å²) in [5.41, 5.74) is 6.81. The normalized spacial score (nSPS) is 17.9. The summed E-state index contributed by atoms with van der Waals surface area (Å²) in [4.78, 5) is 0. The molecule has 0 unspecified atom stereocenters. The van der Waals surface area contributed by atoms with Crippen LogP contribution in [0.5, 0.6) is 0 Å². The van der Waals surface area contributed by atoms with Crippen LogP contribution in [0.4, 0.5) is 10.1 Å². The summed E-state index contributed by atoms with van der Waals surface area (Å²) < 4.78 is 13.5. The van der Waals surface area contributed by atoms with Gasteiger partial charge in [0.15, 0.2) is 0 Å². The Kier molecular flexibility index (Phi) is 3.21. The molecule has 0 spiro atoms. The van der Waals surface area contributed by atoms with Crippen LogP contribution in [0.3, 0.4) is 0 Å². The molecule has 2 nitrogen and oxygen atoms in total. The van der Waals surface area contributed by atoms with Crippen molar-refractivity contribution < 1.29 is 4.39 Å². The van der Waals surface area contributed by atoms with Gasteiger partial charge in [0.2, 0.25) is 0 Å². The van der Waals surface area contributed by atoms with Crippen molar-refractivity contribution in [2.24, 2.45) is 5.92 Å². The Morgan fingerprint density at radius 1 is 1.33 bits per heavy atom. The largest absolute Gasteiger partial charge is 0.399 e. The van der Waals surface area contributed by atoms with Crippen LogP contribution in [0.15, 0.2) is 18.2 Å². The number of rotatable bonds is 2. The minimum atomic E-state index is -0.159. The molecule has 1 heterocycles. The summed E-state index contributed by atoms with van der Waals surface area (Å²) >= 11 is 0. The zero-order chi connectivity index (χ0) is 10.7. The number of nitrogens with one attached hydrogen (secondary N) is 1. The van der Waals surface area contributed by atoms with E-state index in [1.165, 1.54) is 6.07 Å². The van der Waals surface area contributed by atoms with Gasteiger partial charge in [0.05, 0.1) is 0 Å². The highest BCUT2D eigenvalue weighted by Crippen LogP contribution is 2.21. The molecule has 1 fully saturated rings. The summed E-state index contributed by atoms with van der Waals surface area (Å²) in [5, 5.41) is 3.31. The maximum Gasteiger partial charge on any atom is 0.128 e.